The molecule has 108 valence electrons. The predicted molar refractivity (Wildman–Crippen MR) is 73.8 cm³/mol. The molecule has 20 heavy (non-hydrogen) atoms. The van der Waals surface area contributed by atoms with Crippen LogP contribution >= 0.6 is 0 Å². The van der Waals surface area contributed by atoms with Crippen LogP contribution in [-0.4, -0.2) is 30.2 Å². The van der Waals surface area contributed by atoms with Crippen LogP contribution in [-0.2, 0) is 4.74 Å². The first-order chi connectivity index (χ1) is 9.56. The van der Waals surface area contributed by atoms with E-state index in [0.717, 1.165) is 19.4 Å². The minimum atomic E-state index is -0.467. The van der Waals surface area contributed by atoms with Gasteiger partial charge in [-0.2, -0.15) is 0 Å². The van der Waals surface area contributed by atoms with E-state index in [2.05, 4.69) is 10.6 Å². The van der Waals surface area contributed by atoms with E-state index in [1.807, 2.05) is 0 Å². The molecule has 0 unspecified atom stereocenters. The number of nitro benzene ring substituents is 1. The minimum Gasteiger partial charge on any atom is -0.376 e. The highest BCUT2D eigenvalue weighted by molar-refractivity contribution is 5.89. The van der Waals surface area contributed by atoms with Crippen LogP contribution in [0.3, 0.4) is 0 Å². The predicted octanol–water partition coefficient (Wildman–Crippen LogP) is 2.20. The molecule has 1 aromatic rings. The van der Waals surface area contributed by atoms with Gasteiger partial charge in [0.2, 0.25) is 0 Å². The summed E-state index contributed by atoms with van der Waals surface area (Å²) in [5.41, 5.74) is 0.939. The zero-order valence-electron chi connectivity index (χ0n) is 11.2. The largest absolute Gasteiger partial charge is 0.376 e. The molecule has 0 saturated carbocycles. The first-order valence-corrected chi connectivity index (χ1v) is 6.48. The number of hydrogen-bond donors (Lipinski definition) is 2. The third-order valence-corrected chi connectivity index (χ3v) is 3.18. The fourth-order valence-electron chi connectivity index (χ4n) is 2.07. The Morgan fingerprint density at radius 1 is 1.55 bits per heavy atom. The van der Waals surface area contributed by atoms with Crippen molar-refractivity contribution in [3.8, 4) is 0 Å². The van der Waals surface area contributed by atoms with Gasteiger partial charge in [-0.05, 0) is 25.8 Å². The van der Waals surface area contributed by atoms with Gasteiger partial charge in [-0.1, -0.05) is 6.07 Å². The Bertz CT molecular complexity index is 512. The van der Waals surface area contributed by atoms with E-state index in [-0.39, 0.29) is 11.8 Å². The Hall–Kier alpha value is -2.15. The van der Waals surface area contributed by atoms with Crippen LogP contribution in [0.25, 0.3) is 0 Å². The van der Waals surface area contributed by atoms with E-state index < -0.39 is 11.0 Å². The molecule has 1 fully saturated rings. The maximum atomic E-state index is 11.7. The average Bonchev–Trinajstić information content (AvgIpc) is 2.91. The van der Waals surface area contributed by atoms with E-state index in [1.165, 1.54) is 6.07 Å². The lowest BCUT2D eigenvalue weighted by Crippen LogP contribution is -2.35. The number of nitro groups is 1. The molecule has 2 rings (SSSR count). The summed E-state index contributed by atoms with van der Waals surface area (Å²) in [6.45, 7) is 2.83. The Kier molecular flexibility index (Phi) is 4.52. The number of benzene rings is 1. The van der Waals surface area contributed by atoms with Crippen molar-refractivity contribution in [2.75, 3.05) is 18.5 Å². The summed E-state index contributed by atoms with van der Waals surface area (Å²) < 4.78 is 5.39. The molecule has 2 amide bonds. The van der Waals surface area contributed by atoms with Crippen molar-refractivity contribution < 1.29 is 14.5 Å². The summed E-state index contributed by atoms with van der Waals surface area (Å²) in [5, 5.41) is 16.1. The van der Waals surface area contributed by atoms with Gasteiger partial charge in [0, 0.05) is 30.5 Å². The number of carbonyl (C=O) groups excluding carboxylic acids is 1. The van der Waals surface area contributed by atoms with Crippen molar-refractivity contribution in [1.82, 2.24) is 5.32 Å². The van der Waals surface area contributed by atoms with Crippen LogP contribution < -0.4 is 10.6 Å². The van der Waals surface area contributed by atoms with Crippen LogP contribution in [0, 0.1) is 17.0 Å². The standard InChI is InChI=1S/C13H17N3O4/c1-9-4-5-10(7-12(9)16(18)19)15-13(17)14-8-11-3-2-6-20-11/h4-5,7,11H,2-3,6,8H2,1H3,(H2,14,15,17)/t11-/m1/s1. The van der Waals surface area contributed by atoms with Gasteiger partial charge < -0.3 is 15.4 Å². The zero-order valence-corrected chi connectivity index (χ0v) is 11.2. The van der Waals surface area contributed by atoms with Crippen molar-refractivity contribution in [3.63, 3.8) is 0 Å². The molecule has 0 radical (unpaired) electrons. The van der Waals surface area contributed by atoms with Crippen LogP contribution in [0.5, 0.6) is 0 Å². The van der Waals surface area contributed by atoms with Gasteiger partial charge in [0.25, 0.3) is 5.69 Å². The number of nitrogens with zero attached hydrogens (tertiary/aromatic N) is 1. The van der Waals surface area contributed by atoms with Crippen molar-refractivity contribution in [2.45, 2.75) is 25.9 Å². The van der Waals surface area contributed by atoms with E-state index in [0.29, 0.717) is 17.8 Å². The van der Waals surface area contributed by atoms with Crippen LogP contribution in [0.1, 0.15) is 18.4 Å². The third-order valence-electron chi connectivity index (χ3n) is 3.18. The number of urea groups is 1. The number of anilines is 1. The summed E-state index contributed by atoms with van der Waals surface area (Å²) in [6, 6.07) is 4.20. The third kappa shape index (κ3) is 3.67. The number of amides is 2. The summed E-state index contributed by atoms with van der Waals surface area (Å²) in [4.78, 5) is 22.0. The SMILES string of the molecule is Cc1ccc(NC(=O)NC[C@H]2CCCO2)cc1[N+](=O)[O-]. The Labute approximate surface area is 116 Å². The lowest BCUT2D eigenvalue weighted by atomic mass is 10.2. The van der Waals surface area contributed by atoms with E-state index in [9.17, 15) is 14.9 Å². The van der Waals surface area contributed by atoms with Gasteiger partial charge in [-0.3, -0.25) is 10.1 Å². The maximum absolute atomic E-state index is 11.7. The van der Waals surface area contributed by atoms with Gasteiger partial charge in [0.1, 0.15) is 0 Å². The topological polar surface area (TPSA) is 93.5 Å². The van der Waals surface area contributed by atoms with Crippen molar-refractivity contribution in [2.24, 2.45) is 0 Å². The molecule has 2 N–H and O–H groups in total. The Balaban J connectivity index is 1.90. The molecule has 7 nitrogen and oxygen atoms in total. The number of ether oxygens (including phenoxy) is 1. The Morgan fingerprint density at radius 2 is 2.35 bits per heavy atom. The fraction of sp³-hybridized carbons (Fsp3) is 0.462. The average molecular weight is 279 g/mol. The molecule has 1 atom stereocenters. The van der Waals surface area contributed by atoms with Gasteiger partial charge in [0.15, 0.2) is 0 Å². The number of carbonyl (C=O) groups is 1. The lowest BCUT2D eigenvalue weighted by Gasteiger charge is -2.11. The van der Waals surface area contributed by atoms with Gasteiger partial charge in [-0.25, -0.2) is 4.79 Å². The van der Waals surface area contributed by atoms with E-state index in [4.69, 9.17) is 4.74 Å². The molecular weight excluding hydrogens is 262 g/mol. The van der Waals surface area contributed by atoms with Crippen molar-refractivity contribution in [3.05, 3.63) is 33.9 Å². The first-order valence-electron chi connectivity index (χ1n) is 6.48. The molecule has 0 bridgehead atoms. The van der Waals surface area contributed by atoms with Crippen LogP contribution in [0.15, 0.2) is 18.2 Å². The van der Waals surface area contributed by atoms with Crippen LogP contribution in [0.2, 0.25) is 0 Å². The second-order valence-electron chi connectivity index (χ2n) is 4.73. The first kappa shape index (κ1) is 14.3. The molecule has 1 aromatic carbocycles. The second kappa shape index (κ2) is 6.33. The molecule has 1 aliphatic heterocycles. The molecule has 0 aliphatic carbocycles. The quantitative estimate of drug-likeness (QED) is 0.652. The Morgan fingerprint density at radius 3 is 3.00 bits per heavy atom. The monoisotopic (exact) mass is 279 g/mol. The number of rotatable bonds is 4. The molecule has 7 heteroatoms. The summed E-state index contributed by atoms with van der Waals surface area (Å²) >= 11 is 0. The normalized spacial score (nSPS) is 17.8. The lowest BCUT2D eigenvalue weighted by molar-refractivity contribution is -0.385. The van der Waals surface area contributed by atoms with E-state index in [1.54, 1.807) is 19.1 Å². The zero-order chi connectivity index (χ0) is 14.5. The molecule has 0 spiro atoms. The molecule has 1 saturated heterocycles. The molecule has 1 heterocycles. The number of aryl methyl sites for hydroxylation is 1. The highest BCUT2D eigenvalue weighted by atomic mass is 16.6. The minimum absolute atomic E-state index is 0.0121. The van der Waals surface area contributed by atoms with E-state index >= 15 is 0 Å². The van der Waals surface area contributed by atoms with Gasteiger partial charge >= 0.3 is 6.03 Å². The summed E-state index contributed by atoms with van der Waals surface area (Å²) in [5.74, 6) is 0. The van der Waals surface area contributed by atoms with Gasteiger partial charge in [-0.15, -0.1) is 0 Å². The van der Waals surface area contributed by atoms with Crippen molar-refractivity contribution >= 4 is 17.4 Å². The highest BCUT2D eigenvalue weighted by Crippen LogP contribution is 2.22. The second-order valence-corrected chi connectivity index (χ2v) is 4.73. The smallest absolute Gasteiger partial charge is 0.319 e. The maximum Gasteiger partial charge on any atom is 0.319 e. The van der Waals surface area contributed by atoms with Gasteiger partial charge in [0.05, 0.1) is 11.0 Å². The molecule has 0 aromatic heterocycles. The van der Waals surface area contributed by atoms with Crippen LogP contribution in [0.4, 0.5) is 16.2 Å². The van der Waals surface area contributed by atoms with Crippen molar-refractivity contribution in [1.29, 1.82) is 0 Å². The highest BCUT2D eigenvalue weighted by Gasteiger charge is 2.16. The summed E-state index contributed by atoms with van der Waals surface area (Å²) in [7, 11) is 0. The fourth-order valence-corrected chi connectivity index (χ4v) is 2.07. The number of hydrogen-bond acceptors (Lipinski definition) is 4. The molecular formula is C13H17N3O4. The number of nitrogens with one attached hydrogen (secondary N) is 2. The molecule has 1 aliphatic rings. The summed E-state index contributed by atoms with van der Waals surface area (Å²) in [6.07, 6.45) is 2.02.